The zero-order valence-corrected chi connectivity index (χ0v) is 18.1. The average Bonchev–Trinajstić information content (AvgIpc) is 3.43. The van der Waals surface area contributed by atoms with Crippen molar-refractivity contribution in [2.75, 3.05) is 36.6 Å². The van der Waals surface area contributed by atoms with E-state index >= 15 is 0 Å². The van der Waals surface area contributed by atoms with Crippen molar-refractivity contribution in [2.45, 2.75) is 44.3 Å². The standard InChI is InChI=1S/C18H27N7O4S/c1-10(2)8-25-14(19)13(16(27)21-18(25)28)24(6-7-29-3)12(26)9-30-17-20-15(22-23-17)11-4-5-11/h10-11H,4-9,19H2,1-3H3,(H,20,22,23)(H,21,27,28). The summed E-state index contributed by atoms with van der Waals surface area (Å²) in [5.74, 6) is 0.994. The van der Waals surface area contributed by atoms with Gasteiger partial charge in [-0.25, -0.2) is 9.78 Å². The highest BCUT2D eigenvalue weighted by Crippen LogP contribution is 2.38. The number of H-pyrrole nitrogens is 2. The monoisotopic (exact) mass is 437 g/mol. The Bertz CT molecular complexity index is 1010. The number of carbonyl (C=O) groups is 1. The molecule has 11 nitrogen and oxygen atoms in total. The topological polar surface area (TPSA) is 152 Å². The molecule has 0 unspecified atom stereocenters. The Balaban J connectivity index is 1.84. The maximum absolute atomic E-state index is 13.0. The van der Waals surface area contributed by atoms with Crippen LogP contribution in [-0.4, -0.2) is 56.7 Å². The second-order valence-electron chi connectivity index (χ2n) is 7.60. The molecule has 164 valence electrons. The molecular formula is C18H27N7O4S. The minimum atomic E-state index is -0.708. The number of nitrogens with two attached hydrogens (primary N) is 1. The second kappa shape index (κ2) is 9.47. The number of hydrogen-bond acceptors (Lipinski definition) is 8. The summed E-state index contributed by atoms with van der Waals surface area (Å²) in [4.78, 5) is 45.7. The summed E-state index contributed by atoms with van der Waals surface area (Å²) in [5.41, 5.74) is 4.81. The Morgan fingerprint density at radius 1 is 1.40 bits per heavy atom. The van der Waals surface area contributed by atoms with Gasteiger partial charge in [-0.3, -0.25) is 24.2 Å². The van der Waals surface area contributed by atoms with Gasteiger partial charge in [-0.2, -0.15) is 0 Å². The van der Waals surface area contributed by atoms with Gasteiger partial charge in [0, 0.05) is 26.1 Å². The van der Waals surface area contributed by atoms with E-state index in [0.717, 1.165) is 18.7 Å². The van der Waals surface area contributed by atoms with Crippen LogP contribution in [0.25, 0.3) is 0 Å². The highest BCUT2D eigenvalue weighted by atomic mass is 32.2. The molecule has 12 heteroatoms. The maximum Gasteiger partial charge on any atom is 0.330 e. The van der Waals surface area contributed by atoms with E-state index in [1.165, 1.54) is 28.3 Å². The Kier molecular flexibility index (Phi) is 6.98. The van der Waals surface area contributed by atoms with Gasteiger partial charge in [0.25, 0.3) is 5.56 Å². The van der Waals surface area contributed by atoms with Gasteiger partial charge in [0.2, 0.25) is 11.1 Å². The van der Waals surface area contributed by atoms with Gasteiger partial charge >= 0.3 is 5.69 Å². The summed E-state index contributed by atoms with van der Waals surface area (Å²) in [6, 6.07) is 0. The first kappa shape index (κ1) is 22.1. The van der Waals surface area contributed by atoms with Gasteiger partial charge in [0.05, 0.1) is 12.4 Å². The first-order valence-electron chi connectivity index (χ1n) is 9.78. The minimum Gasteiger partial charge on any atom is -0.383 e. The number of hydrogen-bond donors (Lipinski definition) is 3. The van der Waals surface area contributed by atoms with Crippen LogP contribution in [0.5, 0.6) is 0 Å². The largest absolute Gasteiger partial charge is 0.383 e. The van der Waals surface area contributed by atoms with Gasteiger partial charge in [0.1, 0.15) is 11.6 Å². The van der Waals surface area contributed by atoms with Crippen LogP contribution in [-0.2, 0) is 16.1 Å². The van der Waals surface area contributed by atoms with Crippen LogP contribution in [0.2, 0.25) is 0 Å². The van der Waals surface area contributed by atoms with Crippen molar-refractivity contribution in [2.24, 2.45) is 5.92 Å². The fourth-order valence-corrected chi connectivity index (χ4v) is 3.68. The number of nitrogens with one attached hydrogen (secondary N) is 2. The van der Waals surface area contributed by atoms with Gasteiger partial charge in [-0.15, -0.1) is 5.10 Å². The molecule has 4 N–H and O–H groups in total. The molecule has 1 aliphatic carbocycles. The molecule has 0 bridgehead atoms. The van der Waals surface area contributed by atoms with Gasteiger partial charge in [-0.1, -0.05) is 25.6 Å². The third-order valence-electron chi connectivity index (χ3n) is 4.62. The summed E-state index contributed by atoms with van der Waals surface area (Å²) in [7, 11) is 1.50. The Hall–Kier alpha value is -2.60. The number of aromatic amines is 2. The molecule has 0 aromatic carbocycles. The first-order chi connectivity index (χ1) is 14.3. The fourth-order valence-electron chi connectivity index (χ4n) is 2.99. The van der Waals surface area contributed by atoms with Crippen molar-refractivity contribution < 1.29 is 9.53 Å². The molecule has 0 aliphatic heterocycles. The van der Waals surface area contributed by atoms with Gasteiger partial charge in [-0.05, 0) is 18.8 Å². The number of anilines is 2. The van der Waals surface area contributed by atoms with E-state index in [1.807, 2.05) is 13.8 Å². The number of thioether (sulfide) groups is 1. The lowest BCUT2D eigenvalue weighted by Gasteiger charge is -2.24. The maximum atomic E-state index is 13.0. The lowest BCUT2D eigenvalue weighted by atomic mass is 10.2. The number of aromatic nitrogens is 5. The van der Waals surface area contributed by atoms with E-state index < -0.39 is 11.2 Å². The van der Waals surface area contributed by atoms with Crippen molar-refractivity contribution in [1.82, 2.24) is 24.7 Å². The molecule has 2 aromatic heterocycles. The number of rotatable bonds is 10. The lowest BCUT2D eigenvalue weighted by Crippen LogP contribution is -2.43. The number of methoxy groups -OCH3 is 1. The average molecular weight is 438 g/mol. The van der Waals surface area contributed by atoms with Crippen LogP contribution < -0.4 is 21.9 Å². The summed E-state index contributed by atoms with van der Waals surface area (Å²) in [6.45, 7) is 4.48. The molecule has 0 saturated heterocycles. The third-order valence-corrected chi connectivity index (χ3v) is 5.45. The predicted octanol–water partition coefficient (Wildman–Crippen LogP) is 0.542. The van der Waals surface area contributed by atoms with Crippen molar-refractivity contribution in [1.29, 1.82) is 0 Å². The Morgan fingerprint density at radius 3 is 2.77 bits per heavy atom. The first-order valence-corrected chi connectivity index (χ1v) is 10.8. The molecule has 0 spiro atoms. The van der Waals surface area contributed by atoms with E-state index in [1.54, 1.807) is 0 Å². The quantitative estimate of drug-likeness (QED) is 0.456. The summed E-state index contributed by atoms with van der Waals surface area (Å²) >= 11 is 1.17. The third kappa shape index (κ3) is 5.11. The number of carbonyl (C=O) groups excluding carboxylic acids is 1. The molecule has 30 heavy (non-hydrogen) atoms. The molecule has 1 fully saturated rings. The molecule has 3 rings (SSSR count). The molecular weight excluding hydrogens is 410 g/mol. The number of amides is 1. The fraction of sp³-hybridized carbons (Fsp3) is 0.611. The molecule has 1 saturated carbocycles. The SMILES string of the molecule is COCCN(C(=O)CSc1n[nH]c(C2CC2)n1)c1c(N)n(CC(C)C)c(=O)[nH]c1=O. The highest BCUT2D eigenvalue weighted by Gasteiger charge is 2.28. The van der Waals surface area contributed by atoms with Gasteiger partial charge < -0.3 is 15.4 Å². The van der Waals surface area contributed by atoms with E-state index in [0.29, 0.717) is 17.6 Å². The molecule has 0 atom stereocenters. The van der Waals surface area contributed by atoms with Crippen LogP contribution in [0.3, 0.4) is 0 Å². The summed E-state index contributed by atoms with van der Waals surface area (Å²) in [5, 5.41) is 7.50. The van der Waals surface area contributed by atoms with Crippen LogP contribution in [0.4, 0.5) is 11.5 Å². The van der Waals surface area contributed by atoms with Crippen LogP contribution in [0.1, 0.15) is 38.4 Å². The molecule has 2 aromatic rings. The molecule has 1 aliphatic rings. The van der Waals surface area contributed by atoms with Crippen LogP contribution >= 0.6 is 11.8 Å². The molecule has 0 radical (unpaired) electrons. The zero-order chi connectivity index (χ0) is 21.8. The molecule has 2 heterocycles. The van der Waals surface area contributed by atoms with Crippen molar-refractivity contribution in [3.05, 3.63) is 26.7 Å². The number of ether oxygens (including phenoxy) is 1. The Morgan fingerprint density at radius 2 is 2.13 bits per heavy atom. The van der Waals surface area contributed by atoms with Crippen LogP contribution in [0, 0.1) is 5.92 Å². The minimum absolute atomic E-state index is 0.00780. The van der Waals surface area contributed by atoms with E-state index in [4.69, 9.17) is 10.5 Å². The van der Waals surface area contributed by atoms with Crippen molar-refractivity contribution in [3.63, 3.8) is 0 Å². The predicted molar refractivity (Wildman–Crippen MR) is 114 cm³/mol. The smallest absolute Gasteiger partial charge is 0.330 e. The number of nitrogen functional groups attached to an aromatic ring is 1. The lowest BCUT2D eigenvalue weighted by molar-refractivity contribution is -0.116. The van der Waals surface area contributed by atoms with Gasteiger partial charge in [0.15, 0.2) is 5.69 Å². The van der Waals surface area contributed by atoms with E-state index in [9.17, 15) is 14.4 Å². The summed E-state index contributed by atoms with van der Waals surface area (Å²) in [6.07, 6.45) is 2.19. The van der Waals surface area contributed by atoms with Crippen molar-refractivity contribution >= 4 is 29.2 Å². The zero-order valence-electron chi connectivity index (χ0n) is 17.3. The Labute approximate surface area is 177 Å². The van der Waals surface area contributed by atoms with Crippen LogP contribution in [0.15, 0.2) is 14.7 Å². The van der Waals surface area contributed by atoms with E-state index in [-0.39, 0.29) is 42.2 Å². The normalized spacial score (nSPS) is 13.7. The number of nitrogens with zero attached hydrogens (tertiary/aromatic N) is 4. The van der Waals surface area contributed by atoms with Crippen molar-refractivity contribution in [3.8, 4) is 0 Å². The molecule has 1 amide bonds. The highest BCUT2D eigenvalue weighted by molar-refractivity contribution is 7.99. The van der Waals surface area contributed by atoms with E-state index in [2.05, 4.69) is 20.2 Å². The second-order valence-corrected chi connectivity index (χ2v) is 8.54. The summed E-state index contributed by atoms with van der Waals surface area (Å²) < 4.78 is 6.37.